The highest BCUT2D eigenvalue weighted by Crippen LogP contribution is 2.10. The van der Waals surface area contributed by atoms with Gasteiger partial charge in [0.25, 0.3) is 0 Å². The molecule has 0 bridgehead atoms. The minimum Gasteiger partial charge on any atom is -0.357 e. The second-order valence-corrected chi connectivity index (χ2v) is 5.83. The van der Waals surface area contributed by atoms with Crippen molar-refractivity contribution in [3.05, 3.63) is 16.1 Å². The Balaban J connectivity index is 2.47. The minimum atomic E-state index is 0.646. The number of hydrogen-bond acceptors (Lipinski definition) is 3. The van der Waals surface area contributed by atoms with E-state index in [1.807, 2.05) is 0 Å². The summed E-state index contributed by atoms with van der Waals surface area (Å²) in [5.41, 5.74) is 1.06. The number of hydrogen-bond donors (Lipinski definition) is 2. The van der Waals surface area contributed by atoms with Crippen molar-refractivity contribution in [2.45, 2.75) is 47.1 Å². The van der Waals surface area contributed by atoms with Crippen LogP contribution in [0.2, 0.25) is 0 Å². The molecule has 5 heteroatoms. The van der Waals surface area contributed by atoms with Gasteiger partial charge in [0.1, 0.15) is 0 Å². The summed E-state index contributed by atoms with van der Waals surface area (Å²) < 4.78 is 0. The number of aryl methyl sites for hydroxylation is 1. The highest BCUT2D eigenvalue weighted by Gasteiger charge is 2.01. The van der Waals surface area contributed by atoms with E-state index in [0.717, 1.165) is 37.6 Å². The molecule has 0 fully saturated rings. The summed E-state index contributed by atoms with van der Waals surface area (Å²) in [6, 6.07) is 0. The minimum absolute atomic E-state index is 0.646. The first-order valence-electron chi connectivity index (χ1n) is 7.11. The molecule has 19 heavy (non-hydrogen) atoms. The predicted octanol–water partition coefficient (Wildman–Crippen LogP) is 2.81. The molecule has 1 rings (SSSR count). The van der Waals surface area contributed by atoms with E-state index in [9.17, 15) is 0 Å². The number of guanidine groups is 1. The molecular weight excluding hydrogens is 256 g/mol. The smallest absolute Gasteiger partial charge is 0.191 e. The fraction of sp³-hybridized carbons (Fsp3) is 0.714. The third kappa shape index (κ3) is 6.57. The number of nitrogens with one attached hydrogen (secondary N) is 2. The number of nitrogens with zero attached hydrogens (tertiary/aromatic N) is 2. The van der Waals surface area contributed by atoms with Crippen molar-refractivity contribution >= 4 is 17.3 Å². The van der Waals surface area contributed by atoms with Gasteiger partial charge in [-0.1, -0.05) is 20.8 Å². The number of thiazole rings is 1. The Hall–Kier alpha value is -1.10. The summed E-state index contributed by atoms with van der Waals surface area (Å²) in [5.74, 6) is 1.59. The lowest BCUT2D eigenvalue weighted by atomic mass is 10.1. The molecule has 0 aromatic carbocycles. The molecule has 1 aromatic rings. The van der Waals surface area contributed by atoms with Gasteiger partial charge in [0.05, 0.1) is 17.2 Å². The molecule has 0 amide bonds. The van der Waals surface area contributed by atoms with Gasteiger partial charge >= 0.3 is 0 Å². The number of aliphatic imine (C=N–C) groups is 1. The molecule has 4 nitrogen and oxygen atoms in total. The van der Waals surface area contributed by atoms with E-state index in [1.54, 1.807) is 11.3 Å². The Morgan fingerprint density at radius 2 is 2.16 bits per heavy atom. The largest absolute Gasteiger partial charge is 0.357 e. The maximum Gasteiger partial charge on any atom is 0.191 e. The van der Waals surface area contributed by atoms with E-state index < -0.39 is 0 Å². The van der Waals surface area contributed by atoms with Crippen molar-refractivity contribution in [3.63, 3.8) is 0 Å². The van der Waals surface area contributed by atoms with E-state index in [4.69, 9.17) is 0 Å². The molecule has 1 heterocycles. The summed E-state index contributed by atoms with van der Waals surface area (Å²) in [5, 5.41) is 9.90. The molecule has 0 spiro atoms. The van der Waals surface area contributed by atoms with E-state index >= 15 is 0 Å². The average molecular weight is 282 g/mol. The first-order chi connectivity index (χ1) is 9.15. The molecule has 0 saturated carbocycles. The van der Waals surface area contributed by atoms with E-state index in [2.05, 4.69) is 53.7 Å². The normalized spacial score (nSPS) is 11.9. The van der Waals surface area contributed by atoms with Gasteiger partial charge in [-0.15, -0.1) is 11.3 Å². The second-order valence-electron chi connectivity index (χ2n) is 4.89. The molecule has 0 aliphatic rings. The lowest BCUT2D eigenvalue weighted by Crippen LogP contribution is -2.38. The third-order valence-electron chi connectivity index (χ3n) is 2.66. The SMILES string of the molecule is CCNC(=NCc1csc(CC)n1)NCCC(C)C. The van der Waals surface area contributed by atoms with Crippen LogP contribution in [0.4, 0.5) is 0 Å². The van der Waals surface area contributed by atoms with Crippen molar-refractivity contribution in [2.75, 3.05) is 13.1 Å². The van der Waals surface area contributed by atoms with Gasteiger partial charge in [-0.2, -0.15) is 0 Å². The van der Waals surface area contributed by atoms with Crippen LogP contribution in [-0.4, -0.2) is 24.0 Å². The first-order valence-corrected chi connectivity index (χ1v) is 7.99. The maximum absolute atomic E-state index is 4.57. The Morgan fingerprint density at radius 3 is 2.74 bits per heavy atom. The molecule has 0 unspecified atom stereocenters. The fourth-order valence-corrected chi connectivity index (χ4v) is 2.30. The number of aromatic nitrogens is 1. The summed E-state index contributed by atoms with van der Waals surface area (Å²) in [4.78, 5) is 9.09. The van der Waals surface area contributed by atoms with Crippen LogP contribution in [0.25, 0.3) is 0 Å². The second kappa shape index (κ2) is 8.91. The lowest BCUT2D eigenvalue weighted by Gasteiger charge is -2.11. The Morgan fingerprint density at radius 1 is 1.37 bits per heavy atom. The third-order valence-corrected chi connectivity index (χ3v) is 3.70. The number of rotatable bonds is 7. The lowest BCUT2D eigenvalue weighted by molar-refractivity contribution is 0.573. The zero-order valence-corrected chi connectivity index (χ0v) is 13.3. The summed E-state index contributed by atoms with van der Waals surface area (Å²) in [6.45, 7) is 11.2. The van der Waals surface area contributed by atoms with E-state index in [1.165, 1.54) is 5.01 Å². The van der Waals surface area contributed by atoms with Crippen molar-refractivity contribution in [1.82, 2.24) is 15.6 Å². The molecule has 0 aliphatic carbocycles. The van der Waals surface area contributed by atoms with Crippen LogP contribution in [0.15, 0.2) is 10.4 Å². The molecule has 2 N–H and O–H groups in total. The fourth-order valence-electron chi connectivity index (χ4n) is 1.56. The monoisotopic (exact) mass is 282 g/mol. The van der Waals surface area contributed by atoms with Crippen molar-refractivity contribution in [3.8, 4) is 0 Å². The maximum atomic E-state index is 4.57. The van der Waals surface area contributed by atoms with E-state index in [-0.39, 0.29) is 0 Å². The van der Waals surface area contributed by atoms with Gasteiger partial charge in [-0.05, 0) is 25.7 Å². The van der Waals surface area contributed by atoms with Gasteiger partial charge in [0, 0.05) is 18.5 Å². The van der Waals surface area contributed by atoms with Gasteiger partial charge in [-0.3, -0.25) is 0 Å². The first kappa shape index (κ1) is 16.0. The Labute approximate surface area is 120 Å². The van der Waals surface area contributed by atoms with Crippen LogP contribution < -0.4 is 10.6 Å². The van der Waals surface area contributed by atoms with E-state index in [0.29, 0.717) is 12.5 Å². The molecule has 0 saturated heterocycles. The molecular formula is C14H26N4S. The standard InChI is InChI=1S/C14H26N4S/c1-5-13-18-12(10-19-13)9-17-14(15-6-2)16-8-7-11(3)4/h10-11H,5-9H2,1-4H3,(H2,15,16,17). The Bertz CT molecular complexity index is 385. The quantitative estimate of drug-likeness (QED) is 0.597. The van der Waals surface area contributed by atoms with Gasteiger partial charge < -0.3 is 10.6 Å². The van der Waals surface area contributed by atoms with Crippen LogP contribution in [0.1, 0.15) is 44.8 Å². The zero-order chi connectivity index (χ0) is 14.1. The van der Waals surface area contributed by atoms with Crippen LogP contribution in [-0.2, 0) is 13.0 Å². The molecule has 0 aliphatic heterocycles. The van der Waals surface area contributed by atoms with Gasteiger partial charge in [0.2, 0.25) is 0 Å². The average Bonchev–Trinajstić information content (AvgIpc) is 2.83. The molecule has 0 atom stereocenters. The molecule has 0 radical (unpaired) electrons. The van der Waals surface area contributed by atoms with Crippen LogP contribution in [0, 0.1) is 5.92 Å². The molecule has 108 valence electrons. The topological polar surface area (TPSA) is 49.3 Å². The van der Waals surface area contributed by atoms with Crippen LogP contribution in [0.3, 0.4) is 0 Å². The van der Waals surface area contributed by atoms with Crippen LogP contribution in [0.5, 0.6) is 0 Å². The highest BCUT2D eigenvalue weighted by atomic mass is 32.1. The van der Waals surface area contributed by atoms with Crippen molar-refractivity contribution in [1.29, 1.82) is 0 Å². The van der Waals surface area contributed by atoms with Gasteiger partial charge in [0.15, 0.2) is 5.96 Å². The summed E-state index contributed by atoms with van der Waals surface area (Å²) >= 11 is 1.72. The Kier molecular flexibility index (Phi) is 7.48. The predicted molar refractivity (Wildman–Crippen MR) is 83.8 cm³/mol. The molecule has 1 aromatic heterocycles. The highest BCUT2D eigenvalue weighted by molar-refractivity contribution is 7.09. The van der Waals surface area contributed by atoms with Crippen molar-refractivity contribution in [2.24, 2.45) is 10.9 Å². The summed E-state index contributed by atoms with van der Waals surface area (Å²) in [6.07, 6.45) is 2.15. The summed E-state index contributed by atoms with van der Waals surface area (Å²) in [7, 11) is 0. The van der Waals surface area contributed by atoms with Crippen molar-refractivity contribution < 1.29 is 0 Å². The zero-order valence-electron chi connectivity index (χ0n) is 12.5. The van der Waals surface area contributed by atoms with Crippen LogP contribution >= 0.6 is 11.3 Å². The van der Waals surface area contributed by atoms with Gasteiger partial charge in [-0.25, -0.2) is 9.98 Å².